The number of aliphatic imine (C=N–C) groups is 1. The van der Waals surface area contributed by atoms with Crippen LogP contribution in [0.4, 0.5) is 5.69 Å². The molecule has 3 aromatic rings. The third-order valence-electron chi connectivity index (χ3n) is 5.12. The van der Waals surface area contributed by atoms with Crippen LogP contribution in [0.3, 0.4) is 0 Å². The fourth-order valence-electron chi connectivity index (χ4n) is 3.23. The first-order valence-electron chi connectivity index (χ1n) is 10.4. The number of aromatic carboxylic acids is 1. The van der Waals surface area contributed by atoms with Gasteiger partial charge < -0.3 is 9.84 Å². The molecule has 1 N–H and O–H groups in total. The Kier molecular flexibility index (Phi) is 7.20. The van der Waals surface area contributed by atoms with E-state index in [0.29, 0.717) is 32.1 Å². The average Bonchev–Trinajstić information content (AvgIpc) is 3.11. The normalized spacial score (nSPS) is 15.5. The molecule has 1 aliphatic heterocycles. The third kappa shape index (κ3) is 5.54. The van der Waals surface area contributed by atoms with Crippen molar-refractivity contribution in [2.75, 3.05) is 7.05 Å². The number of nitriles is 1. The summed E-state index contributed by atoms with van der Waals surface area (Å²) in [6.45, 7) is 0.205. The number of benzene rings is 3. The van der Waals surface area contributed by atoms with E-state index in [1.807, 2.05) is 12.1 Å². The molecule has 4 rings (SSSR count). The van der Waals surface area contributed by atoms with Crippen LogP contribution in [0.25, 0.3) is 6.08 Å². The summed E-state index contributed by atoms with van der Waals surface area (Å²) in [5.74, 6) is -0.754. The van der Waals surface area contributed by atoms with Gasteiger partial charge in [-0.15, -0.1) is 0 Å². The Hall–Kier alpha value is -4.06. The van der Waals surface area contributed by atoms with E-state index in [0.717, 1.165) is 11.1 Å². The number of nitrogens with zero attached hydrogens (tertiary/aromatic N) is 3. The number of ether oxygens (including phenoxy) is 1. The maximum Gasteiger partial charge on any atom is 0.335 e. The Labute approximate surface area is 210 Å². The molecule has 1 saturated heterocycles. The third-order valence-corrected chi connectivity index (χ3v) is 6.47. The SMILES string of the molecule is CN1C(=O)C(=Cc2ccc(OCc3ccccc3C#N)c(Cl)c2)SC1=Nc1ccc(C(=O)O)cc1. The van der Waals surface area contributed by atoms with E-state index < -0.39 is 5.97 Å². The lowest BCUT2D eigenvalue weighted by atomic mass is 10.1. The summed E-state index contributed by atoms with van der Waals surface area (Å²) >= 11 is 7.62. The molecule has 0 bridgehead atoms. The van der Waals surface area contributed by atoms with Crippen molar-refractivity contribution in [3.63, 3.8) is 0 Å². The predicted molar refractivity (Wildman–Crippen MR) is 136 cm³/mol. The smallest absolute Gasteiger partial charge is 0.335 e. The van der Waals surface area contributed by atoms with Gasteiger partial charge in [0.1, 0.15) is 12.4 Å². The topological polar surface area (TPSA) is 103 Å². The minimum Gasteiger partial charge on any atom is -0.487 e. The Bertz CT molecular complexity index is 1410. The summed E-state index contributed by atoms with van der Waals surface area (Å²) in [5.41, 5.74) is 2.73. The Morgan fingerprint density at radius 2 is 1.94 bits per heavy atom. The van der Waals surface area contributed by atoms with Crippen molar-refractivity contribution in [2.24, 2.45) is 4.99 Å². The molecule has 0 radical (unpaired) electrons. The molecule has 1 amide bonds. The number of thioether (sulfide) groups is 1. The van der Waals surface area contributed by atoms with Gasteiger partial charge in [0.25, 0.3) is 5.91 Å². The van der Waals surface area contributed by atoms with Crippen LogP contribution in [-0.4, -0.2) is 34.1 Å². The lowest BCUT2D eigenvalue weighted by Gasteiger charge is -2.10. The van der Waals surface area contributed by atoms with Crippen LogP contribution in [0.15, 0.2) is 76.6 Å². The van der Waals surface area contributed by atoms with E-state index in [4.69, 9.17) is 21.4 Å². The molecule has 0 aromatic heterocycles. The number of halogens is 1. The molecular formula is C26H18ClN3O4S. The molecule has 0 spiro atoms. The van der Waals surface area contributed by atoms with E-state index >= 15 is 0 Å². The van der Waals surface area contributed by atoms with Gasteiger partial charge >= 0.3 is 5.97 Å². The van der Waals surface area contributed by atoms with Crippen molar-refractivity contribution >= 4 is 52.2 Å². The molecule has 0 atom stereocenters. The van der Waals surface area contributed by atoms with Crippen LogP contribution in [0.1, 0.15) is 27.0 Å². The summed E-state index contributed by atoms with van der Waals surface area (Å²) in [6, 6.07) is 20.6. The Balaban J connectivity index is 1.49. The quantitative estimate of drug-likeness (QED) is 0.431. The molecule has 35 heavy (non-hydrogen) atoms. The van der Waals surface area contributed by atoms with Crippen LogP contribution in [0.5, 0.6) is 5.75 Å². The molecule has 1 aliphatic rings. The van der Waals surface area contributed by atoms with Crippen molar-refractivity contribution in [1.29, 1.82) is 5.26 Å². The second kappa shape index (κ2) is 10.5. The highest BCUT2D eigenvalue weighted by atomic mass is 35.5. The highest BCUT2D eigenvalue weighted by molar-refractivity contribution is 8.18. The minimum absolute atomic E-state index is 0.164. The zero-order chi connectivity index (χ0) is 24.9. The van der Waals surface area contributed by atoms with E-state index in [9.17, 15) is 14.9 Å². The highest BCUT2D eigenvalue weighted by Crippen LogP contribution is 2.34. The van der Waals surface area contributed by atoms with Crippen LogP contribution in [0.2, 0.25) is 5.02 Å². The first-order chi connectivity index (χ1) is 16.9. The fraction of sp³-hybridized carbons (Fsp3) is 0.0769. The van der Waals surface area contributed by atoms with Gasteiger partial charge in [-0.05, 0) is 65.9 Å². The Morgan fingerprint density at radius 1 is 1.20 bits per heavy atom. The molecule has 0 saturated carbocycles. The Morgan fingerprint density at radius 3 is 2.63 bits per heavy atom. The number of likely N-dealkylation sites (N-methyl/N-ethyl adjacent to an activating group) is 1. The van der Waals surface area contributed by atoms with Gasteiger partial charge in [0.15, 0.2) is 5.17 Å². The monoisotopic (exact) mass is 503 g/mol. The molecule has 7 nitrogen and oxygen atoms in total. The number of hydrogen-bond donors (Lipinski definition) is 1. The molecule has 0 unspecified atom stereocenters. The maximum absolute atomic E-state index is 12.7. The van der Waals surface area contributed by atoms with Crippen molar-refractivity contribution in [3.8, 4) is 11.8 Å². The van der Waals surface area contributed by atoms with Crippen molar-refractivity contribution < 1.29 is 19.4 Å². The largest absolute Gasteiger partial charge is 0.487 e. The first-order valence-corrected chi connectivity index (χ1v) is 11.5. The van der Waals surface area contributed by atoms with Crippen LogP contribution < -0.4 is 4.74 Å². The van der Waals surface area contributed by atoms with Crippen molar-refractivity contribution in [2.45, 2.75) is 6.61 Å². The summed E-state index contributed by atoms with van der Waals surface area (Å²) in [7, 11) is 1.63. The highest BCUT2D eigenvalue weighted by Gasteiger charge is 2.30. The number of rotatable bonds is 6. The van der Waals surface area contributed by atoms with Gasteiger partial charge in [-0.3, -0.25) is 9.69 Å². The van der Waals surface area contributed by atoms with Crippen LogP contribution in [0, 0.1) is 11.3 Å². The van der Waals surface area contributed by atoms with Crippen molar-refractivity contribution in [1.82, 2.24) is 4.90 Å². The summed E-state index contributed by atoms with van der Waals surface area (Å²) in [6.07, 6.45) is 1.72. The van der Waals surface area contributed by atoms with Crippen LogP contribution >= 0.6 is 23.4 Å². The molecule has 1 heterocycles. The van der Waals surface area contributed by atoms with Crippen LogP contribution in [-0.2, 0) is 11.4 Å². The van der Waals surface area contributed by atoms with Gasteiger partial charge in [0, 0.05) is 12.6 Å². The van der Waals surface area contributed by atoms with E-state index in [1.54, 1.807) is 55.6 Å². The van der Waals surface area contributed by atoms with Crippen molar-refractivity contribution in [3.05, 3.63) is 98.9 Å². The van der Waals surface area contributed by atoms with E-state index in [2.05, 4.69) is 11.1 Å². The van der Waals surface area contributed by atoms with E-state index in [1.165, 1.54) is 28.8 Å². The fourth-order valence-corrected chi connectivity index (χ4v) is 4.46. The summed E-state index contributed by atoms with van der Waals surface area (Å²) in [5, 5.41) is 19.1. The number of carbonyl (C=O) groups excluding carboxylic acids is 1. The summed E-state index contributed by atoms with van der Waals surface area (Å²) < 4.78 is 5.80. The zero-order valence-electron chi connectivity index (χ0n) is 18.4. The van der Waals surface area contributed by atoms with Gasteiger partial charge in [-0.1, -0.05) is 35.9 Å². The van der Waals surface area contributed by atoms with E-state index in [-0.39, 0.29) is 18.1 Å². The standard InChI is InChI=1S/C26H18ClN3O4S/c1-30-24(31)23(35-26(30)29-20-9-7-17(8-10-20)25(32)33)13-16-6-11-22(21(27)12-16)34-15-19-5-3-2-4-18(19)14-28/h2-13H,15H2,1H3,(H,32,33). The number of carboxylic acids is 1. The van der Waals surface area contributed by atoms with Gasteiger partial charge in [0.05, 0.1) is 32.8 Å². The summed E-state index contributed by atoms with van der Waals surface area (Å²) in [4.78, 5) is 30.1. The minimum atomic E-state index is -1.01. The lowest BCUT2D eigenvalue weighted by Crippen LogP contribution is -2.23. The molecular weight excluding hydrogens is 486 g/mol. The molecule has 1 fully saturated rings. The molecule has 174 valence electrons. The van der Waals surface area contributed by atoms with Gasteiger partial charge in [0.2, 0.25) is 0 Å². The molecule has 3 aromatic carbocycles. The lowest BCUT2D eigenvalue weighted by molar-refractivity contribution is -0.121. The number of carboxylic acid groups (broad SMARTS) is 1. The molecule has 0 aliphatic carbocycles. The number of carbonyl (C=O) groups is 2. The average molecular weight is 504 g/mol. The number of amidine groups is 1. The predicted octanol–water partition coefficient (Wildman–Crippen LogP) is 5.72. The number of amides is 1. The second-order valence-corrected chi connectivity index (χ2v) is 8.89. The van der Waals surface area contributed by atoms with Gasteiger partial charge in [-0.2, -0.15) is 5.26 Å². The number of hydrogen-bond acceptors (Lipinski definition) is 6. The first kappa shape index (κ1) is 24.1. The van der Waals surface area contributed by atoms with Gasteiger partial charge in [-0.25, -0.2) is 9.79 Å². The zero-order valence-corrected chi connectivity index (χ0v) is 20.0. The molecule has 9 heteroatoms. The second-order valence-electron chi connectivity index (χ2n) is 7.47. The maximum atomic E-state index is 12.7.